The van der Waals surface area contributed by atoms with E-state index in [-0.39, 0.29) is 11.7 Å². The van der Waals surface area contributed by atoms with Gasteiger partial charge in [-0.25, -0.2) is 9.07 Å². The molecule has 1 atom stereocenters. The van der Waals surface area contributed by atoms with Crippen molar-refractivity contribution in [2.75, 3.05) is 19.6 Å². The smallest absolute Gasteiger partial charge is 0.270 e. The fraction of sp³-hybridized carbons (Fsp3) is 0.391. The Balaban J connectivity index is 1.46. The molecule has 1 fully saturated rings. The van der Waals surface area contributed by atoms with E-state index in [0.29, 0.717) is 35.4 Å². The molecule has 1 saturated heterocycles. The number of hydrogen-bond donors (Lipinski definition) is 1. The molecule has 1 amide bonds. The number of carbonyl (C=O) groups is 1. The fourth-order valence-corrected chi connectivity index (χ4v) is 3.93. The Bertz CT molecular complexity index is 966. The van der Waals surface area contributed by atoms with Crippen LogP contribution < -0.4 is 5.32 Å². The van der Waals surface area contributed by atoms with Gasteiger partial charge in [-0.05, 0) is 69.1 Å². The van der Waals surface area contributed by atoms with Gasteiger partial charge in [-0.3, -0.25) is 4.79 Å². The van der Waals surface area contributed by atoms with E-state index < -0.39 is 0 Å². The highest BCUT2D eigenvalue weighted by Crippen LogP contribution is 2.22. The van der Waals surface area contributed by atoms with E-state index in [2.05, 4.69) is 22.2 Å². The first kappa shape index (κ1) is 20.3. The molecular weight excluding hydrogens is 383 g/mol. The number of carbonyl (C=O) groups excluding carboxylic acids is 1. The van der Waals surface area contributed by atoms with Gasteiger partial charge >= 0.3 is 0 Å². The van der Waals surface area contributed by atoms with E-state index in [9.17, 15) is 9.18 Å². The van der Waals surface area contributed by atoms with Gasteiger partial charge in [0.05, 0.1) is 12.0 Å². The summed E-state index contributed by atoms with van der Waals surface area (Å²) >= 11 is 0. The fourth-order valence-electron chi connectivity index (χ4n) is 3.93. The zero-order valence-electron chi connectivity index (χ0n) is 17.2. The molecule has 1 unspecified atom stereocenters. The Morgan fingerprint density at radius 3 is 2.83 bits per heavy atom. The van der Waals surface area contributed by atoms with Gasteiger partial charge in [0.1, 0.15) is 17.2 Å². The molecule has 7 heteroatoms. The summed E-state index contributed by atoms with van der Waals surface area (Å²) in [5.41, 5.74) is 1.55. The van der Waals surface area contributed by atoms with Crippen LogP contribution in [0.2, 0.25) is 0 Å². The second-order valence-corrected chi connectivity index (χ2v) is 7.77. The van der Waals surface area contributed by atoms with Crippen molar-refractivity contribution in [3.05, 3.63) is 60.2 Å². The average Bonchev–Trinajstić information content (AvgIpc) is 3.43. The Kier molecular flexibility index (Phi) is 6.28. The minimum absolute atomic E-state index is 0.212. The van der Waals surface area contributed by atoms with Gasteiger partial charge in [0.25, 0.3) is 5.91 Å². The van der Waals surface area contributed by atoms with E-state index in [1.165, 1.54) is 36.1 Å². The molecule has 1 N–H and O–H groups in total. The highest BCUT2D eigenvalue weighted by atomic mass is 19.1. The van der Waals surface area contributed by atoms with Gasteiger partial charge in [-0.2, -0.15) is 5.10 Å². The van der Waals surface area contributed by atoms with Gasteiger partial charge in [0, 0.05) is 25.2 Å². The van der Waals surface area contributed by atoms with Crippen LogP contribution in [0.5, 0.6) is 0 Å². The van der Waals surface area contributed by atoms with Gasteiger partial charge < -0.3 is 14.6 Å². The van der Waals surface area contributed by atoms with Crippen LogP contribution in [0.1, 0.15) is 43.1 Å². The van der Waals surface area contributed by atoms with E-state index in [0.717, 1.165) is 19.5 Å². The monoisotopic (exact) mass is 410 g/mol. The number of nitrogens with one attached hydrogen (secondary N) is 1. The highest BCUT2D eigenvalue weighted by molar-refractivity contribution is 5.94. The zero-order chi connectivity index (χ0) is 20.9. The molecule has 3 aromatic rings. The Morgan fingerprint density at radius 2 is 2.10 bits per heavy atom. The van der Waals surface area contributed by atoms with Crippen molar-refractivity contribution < 1.29 is 13.6 Å². The Labute approximate surface area is 175 Å². The molecule has 1 aliphatic heterocycles. The number of furan rings is 1. The van der Waals surface area contributed by atoms with Gasteiger partial charge in [0.2, 0.25) is 0 Å². The van der Waals surface area contributed by atoms with Crippen molar-refractivity contribution in [2.45, 2.75) is 38.6 Å². The number of hydrogen-bond acceptors (Lipinski definition) is 4. The minimum Gasteiger partial charge on any atom is -0.463 e. The first-order valence-corrected chi connectivity index (χ1v) is 10.5. The number of rotatable bonds is 7. The Morgan fingerprint density at radius 1 is 1.27 bits per heavy atom. The molecule has 0 bridgehead atoms. The van der Waals surface area contributed by atoms with Crippen molar-refractivity contribution in [1.82, 2.24) is 20.0 Å². The topological polar surface area (TPSA) is 63.3 Å². The summed E-state index contributed by atoms with van der Waals surface area (Å²) in [7, 11) is 0. The highest BCUT2D eigenvalue weighted by Gasteiger charge is 2.20. The van der Waals surface area contributed by atoms with Crippen LogP contribution in [-0.2, 0) is 0 Å². The molecule has 1 aliphatic rings. The molecule has 0 aliphatic carbocycles. The van der Waals surface area contributed by atoms with Gasteiger partial charge in [-0.15, -0.1) is 0 Å². The van der Waals surface area contributed by atoms with Crippen molar-refractivity contribution in [2.24, 2.45) is 0 Å². The first-order valence-electron chi connectivity index (χ1n) is 10.5. The number of aromatic nitrogens is 2. The van der Waals surface area contributed by atoms with E-state index in [4.69, 9.17) is 4.42 Å². The third-order valence-electron chi connectivity index (χ3n) is 5.64. The van der Waals surface area contributed by atoms with E-state index >= 15 is 0 Å². The first-order chi connectivity index (χ1) is 14.6. The Hall–Kier alpha value is -2.93. The molecule has 3 heterocycles. The predicted molar refractivity (Wildman–Crippen MR) is 113 cm³/mol. The second kappa shape index (κ2) is 9.26. The number of likely N-dealkylation sites (tertiary alicyclic amines) is 1. The molecule has 30 heavy (non-hydrogen) atoms. The molecule has 2 aromatic heterocycles. The maximum Gasteiger partial charge on any atom is 0.270 e. The molecule has 0 radical (unpaired) electrons. The molecular formula is C23H27FN4O2. The normalized spacial score (nSPS) is 17.2. The van der Waals surface area contributed by atoms with Gasteiger partial charge in [0.15, 0.2) is 5.76 Å². The largest absolute Gasteiger partial charge is 0.463 e. The van der Waals surface area contributed by atoms with Crippen LogP contribution in [0.3, 0.4) is 0 Å². The summed E-state index contributed by atoms with van der Waals surface area (Å²) in [5.74, 6) is 0.0235. The zero-order valence-corrected chi connectivity index (χ0v) is 17.2. The third kappa shape index (κ3) is 4.62. The van der Waals surface area contributed by atoms with Crippen molar-refractivity contribution in [1.29, 1.82) is 0 Å². The minimum atomic E-state index is -0.338. The maximum atomic E-state index is 13.3. The lowest BCUT2D eigenvalue weighted by molar-refractivity contribution is 0.0941. The summed E-state index contributed by atoms with van der Waals surface area (Å²) < 4.78 is 20.3. The predicted octanol–water partition coefficient (Wildman–Crippen LogP) is 4.27. The number of nitrogens with zero attached hydrogens (tertiary/aromatic N) is 3. The molecule has 158 valence electrons. The standard InChI is InChI=1S/C23H27FN4O2/c1-17-6-2-3-13-27(17)14-5-12-25-23(29)21-16-20(22-7-4-15-30-22)26-28(21)19-10-8-18(24)9-11-19/h4,7-11,15-17H,2-3,5-6,12-14H2,1H3,(H,25,29). The molecule has 1 aromatic carbocycles. The number of piperidine rings is 1. The van der Waals surface area contributed by atoms with Crippen LogP contribution in [0.25, 0.3) is 17.1 Å². The van der Waals surface area contributed by atoms with Crippen LogP contribution in [-0.4, -0.2) is 46.3 Å². The van der Waals surface area contributed by atoms with Gasteiger partial charge in [-0.1, -0.05) is 6.42 Å². The lowest BCUT2D eigenvalue weighted by Gasteiger charge is -2.33. The second-order valence-electron chi connectivity index (χ2n) is 7.77. The summed E-state index contributed by atoms with van der Waals surface area (Å²) in [6, 6.07) is 11.8. The van der Waals surface area contributed by atoms with E-state index in [1.54, 1.807) is 36.6 Å². The third-order valence-corrected chi connectivity index (χ3v) is 5.64. The molecule has 4 rings (SSSR count). The molecule has 0 saturated carbocycles. The number of amides is 1. The van der Waals surface area contributed by atoms with Crippen molar-refractivity contribution >= 4 is 5.91 Å². The van der Waals surface area contributed by atoms with Crippen molar-refractivity contribution in [3.63, 3.8) is 0 Å². The molecule has 0 spiro atoms. The average molecular weight is 410 g/mol. The summed E-state index contributed by atoms with van der Waals surface area (Å²) in [6.45, 7) is 4.98. The quantitative estimate of drug-likeness (QED) is 0.591. The van der Waals surface area contributed by atoms with Crippen LogP contribution in [0.4, 0.5) is 4.39 Å². The number of halogens is 1. The number of benzene rings is 1. The SMILES string of the molecule is CC1CCCCN1CCCNC(=O)c1cc(-c2ccco2)nn1-c1ccc(F)cc1. The summed E-state index contributed by atoms with van der Waals surface area (Å²) in [5, 5.41) is 7.52. The van der Waals surface area contributed by atoms with Crippen LogP contribution in [0.15, 0.2) is 53.1 Å². The van der Waals surface area contributed by atoms with E-state index in [1.807, 2.05) is 0 Å². The van der Waals surface area contributed by atoms with Crippen molar-refractivity contribution in [3.8, 4) is 17.1 Å². The van der Waals surface area contributed by atoms with Crippen LogP contribution >= 0.6 is 0 Å². The van der Waals surface area contributed by atoms with Crippen LogP contribution in [0, 0.1) is 5.82 Å². The lowest BCUT2D eigenvalue weighted by atomic mass is 10.0. The maximum absolute atomic E-state index is 13.3. The summed E-state index contributed by atoms with van der Waals surface area (Å²) in [4.78, 5) is 15.4. The summed E-state index contributed by atoms with van der Waals surface area (Å²) in [6.07, 6.45) is 6.26. The molecule has 6 nitrogen and oxygen atoms in total. The lowest BCUT2D eigenvalue weighted by Crippen LogP contribution is -2.39.